The first-order valence-corrected chi connectivity index (χ1v) is 10.7. The van der Waals surface area contributed by atoms with E-state index in [9.17, 15) is 9.59 Å². The summed E-state index contributed by atoms with van der Waals surface area (Å²) in [5, 5.41) is 9.34. The molecule has 0 radical (unpaired) electrons. The molecule has 30 heavy (non-hydrogen) atoms. The molecule has 0 saturated carbocycles. The van der Waals surface area contributed by atoms with Gasteiger partial charge in [0.1, 0.15) is 0 Å². The molecule has 4 aromatic rings. The fourth-order valence-electron chi connectivity index (χ4n) is 3.38. The van der Waals surface area contributed by atoms with E-state index in [4.69, 9.17) is 0 Å². The largest absolute Gasteiger partial charge is 0.358 e. The Labute approximate surface area is 178 Å². The van der Waals surface area contributed by atoms with Crippen LogP contribution in [0.3, 0.4) is 0 Å². The first-order valence-electron chi connectivity index (χ1n) is 9.78. The van der Waals surface area contributed by atoms with Crippen LogP contribution in [0.4, 0.5) is 5.13 Å². The van der Waals surface area contributed by atoms with E-state index >= 15 is 0 Å². The van der Waals surface area contributed by atoms with Crippen molar-refractivity contribution in [3.8, 4) is 11.3 Å². The number of H-pyrrole nitrogens is 1. The van der Waals surface area contributed by atoms with Gasteiger partial charge in [-0.15, -0.1) is 11.3 Å². The number of fused-ring (bicyclic) bond motifs is 1. The summed E-state index contributed by atoms with van der Waals surface area (Å²) < 4.78 is 0. The number of carbonyl (C=O) groups excluding carboxylic acids is 2. The second-order valence-corrected chi connectivity index (χ2v) is 7.84. The molecule has 0 aliphatic carbocycles. The van der Waals surface area contributed by atoms with Crippen molar-refractivity contribution in [3.05, 3.63) is 71.2 Å². The summed E-state index contributed by atoms with van der Waals surface area (Å²) in [4.78, 5) is 32.2. The zero-order valence-corrected chi connectivity index (χ0v) is 17.4. The number of amides is 2. The summed E-state index contributed by atoms with van der Waals surface area (Å²) in [6, 6.07) is 17.1. The number of aryl methyl sites for hydroxylation is 1. The van der Waals surface area contributed by atoms with E-state index in [0.29, 0.717) is 30.1 Å². The number of carbonyl (C=O) groups is 2. The zero-order chi connectivity index (χ0) is 20.9. The number of hydrogen-bond donors (Lipinski definition) is 3. The Balaban J connectivity index is 1.30. The van der Waals surface area contributed by atoms with Gasteiger partial charge < -0.3 is 15.6 Å². The highest BCUT2D eigenvalue weighted by Gasteiger charge is 2.14. The molecule has 7 heteroatoms. The lowest BCUT2D eigenvalue weighted by Crippen LogP contribution is -2.25. The maximum Gasteiger partial charge on any atom is 0.251 e. The number of thiazole rings is 1. The first kappa shape index (κ1) is 19.8. The standard InChI is InChI=1S/C23H22N4O2S/c1-15-21(17-10-5-6-11-18(17)25-15)19-14-30-23(26-19)27-20(28)12-7-13-24-22(29)16-8-3-2-4-9-16/h2-6,8-11,14,25H,7,12-13H2,1H3,(H,24,29)(H,26,27,28). The molecule has 0 bridgehead atoms. The molecule has 0 fully saturated rings. The maximum absolute atomic E-state index is 12.2. The fourth-order valence-corrected chi connectivity index (χ4v) is 4.09. The minimum Gasteiger partial charge on any atom is -0.358 e. The van der Waals surface area contributed by atoms with Gasteiger partial charge in [-0.05, 0) is 31.5 Å². The SMILES string of the molecule is Cc1[nH]c2ccccc2c1-c1csc(NC(=O)CCCNC(=O)c2ccccc2)n1. The van der Waals surface area contributed by atoms with Crippen LogP contribution in [0.1, 0.15) is 28.9 Å². The number of benzene rings is 2. The number of para-hydroxylation sites is 1. The van der Waals surface area contributed by atoms with Gasteiger partial charge in [0.25, 0.3) is 5.91 Å². The number of aromatic nitrogens is 2. The monoisotopic (exact) mass is 418 g/mol. The molecule has 2 amide bonds. The van der Waals surface area contributed by atoms with Gasteiger partial charge in [-0.2, -0.15) is 0 Å². The summed E-state index contributed by atoms with van der Waals surface area (Å²) in [5.74, 6) is -0.241. The van der Waals surface area contributed by atoms with E-state index < -0.39 is 0 Å². The highest BCUT2D eigenvalue weighted by Crippen LogP contribution is 2.33. The van der Waals surface area contributed by atoms with Gasteiger partial charge in [0.05, 0.1) is 5.69 Å². The number of nitrogens with one attached hydrogen (secondary N) is 3. The van der Waals surface area contributed by atoms with Crippen LogP contribution in [0.2, 0.25) is 0 Å². The average molecular weight is 419 g/mol. The number of aromatic amines is 1. The minimum absolute atomic E-state index is 0.111. The molecule has 2 heterocycles. The van der Waals surface area contributed by atoms with E-state index in [2.05, 4.69) is 26.7 Å². The fraction of sp³-hybridized carbons (Fsp3) is 0.174. The predicted molar refractivity (Wildman–Crippen MR) is 121 cm³/mol. The number of nitrogens with zero attached hydrogens (tertiary/aromatic N) is 1. The second kappa shape index (κ2) is 8.92. The van der Waals surface area contributed by atoms with Crippen LogP contribution in [-0.4, -0.2) is 28.3 Å². The maximum atomic E-state index is 12.2. The molecule has 0 unspecified atom stereocenters. The van der Waals surface area contributed by atoms with Gasteiger partial charge in [0, 0.05) is 46.1 Å². The molecule has 0 atom stereocenters. The molecule has 2 aromatic heterocycles. The molecule has 0 aliphatic rings. The van der Waals surface area contributed by atoms with Crippen LogP contribution >= 0.6 is 11.3 Å². The molecule has 3 N–H and O–H groups in total. The minimum atomic E-state index is -0.130. The third-order valence-electron chi connectivity index (χ3n) is 4.80. The van der Waals surface area contributed by atoms with Crippen LogP contribution in [0.15, 0.2) is 60.0 Å². The van der Waals surface area contributed by atoms with Gasteiger partial charge in [0.2, 0.25) is 5.91 Å². The van der Waals surface area contributed by atoms with Crippen molar-refractivity contribution < 1.29 is 9.59 Å². The smallest absolute Gasteiger partial charge is 0.251 e. The van der Waals surface area contributed by atoms with E-state index in [1.165, 1.54) is 11.3 Å². The molecule has 0 aliphatic heterocycles. The normalized spacial score (nSPS) is 10.8. The van der Waals surface area contributed by atoms with Crippen molar-refractivity contribution in [2.75, 3.05) is 11.9 Å². The third kappa shape index (κ3) is 4.41. The van der Waals surface area contributed by atoms with Crippen LogP contribution < -0.4 is 10.6 Å². The van der Waals surface area contributed by atoms with Crippen LogP contribution in [0.25, 0.3) is 22.2 Å². The molecule has 0 saturated heterocycles. The summed E-state index contributed by atoms with van der Waals surface area (Å²) in [5.41, 5.74) is 4.64. The Morgan fingerprint density at radius 1 is 1.07 bits per heavy atom. The average Bonchev–Trinajstić information content (AvgIpc) is 3.34. The van der Waals surface area contributed by atoms with Crippen molar-refractivity contribution in [3.63, 3.8) is 0 Å². The van der Waals surface area contributed by atoms with E-state index in [1.54, 1.807) is 12.1 Å². The number of anilines is 1. The number of rotatable bonds is 7. The molecule has 152 valence electrons. The zero-order valence-electron chi connectivity index (χ0n) is 16.6. The lowest BCUT2D eigenvalue weighted by atomic mass is 10.1. The van der Waals surface area contributed by atoms with Crippen molar-refractivity contribution >= 4 is 39.2 Å². The Morgan fingerprint density at radius 2 is 1.83 bits per heavy atom. The summed E-state index contributed by atoms with van der Waals surface area (Å²) in [6.07, 6.45) is 0.875. The van der Waals surface area contributed by atoms with Crippen LogP contribution in [0.5, 0.6) is 0 Å². The lowest BCUT2D eigenvalue weighted by molar-refractivity contribution is -0.116. The second-order valence-electron chi connectivity index (χ2n) is 6.98. The van der Waals surface area contributed by atoms with E-state index in [1.807, 2.05) is 48.7 Å². The summed E-state index contributed by atoms with van der Waals surface area (Å²) in [6.45, 7) is 2.47. The van der Waals surface area contributed by atoms with Crippen molar-refractivity contribution in [1.82, 2.24) is 15.3 Å². The van der Waals surface area contributed by atoms with Crippen LogP contribution in [0, 0.1) is 6.92 Å². The Hall–Kier alpha value is -3.45. The third-order valence-corrected chi connectivity index (χ3v) is 5.56. The number of hydrogen-bond acceptors (Lipinski definition) is 4. The molecule has 4 rings (SSSR count). The van der Waals surface area contributed by atoms with Crippen LogP contribution in [-0.2, 0) is 4.79 Å². The quantitative estimate of drug-likeness (QED) is 0.379. The Morgan fingerprint density at radius 3 is 2.67 bits per heavy atom. The van der Waals surface area contributed by atoms with Gasteiger partial charge in [0.15, 0.2) is 5.13 Å². The molecular weight excluding hydrogens is 396 g/mol. The molecule has 6 nitrogen and oxygen atoms in total. The predicted octanol–water partition coefficient (Wildman–Crippen LogP) is 4.75. The lowest BCUT2D eigenvalue weighted by Gasteiger charge is -2.05. The molecular formula is C23H22N4O2S. The van der Waals surface area contributed by atoms with Gasteiger partial charge >= 0.3 is 0 Å². The molecule has 0 spiro atoms. The van der Waals surface area contributed by atoms with Gasteiger partial charge in [-0.25, -0.2) is 4.98 Å². The summed E-state index contributed by atoms with van der Waals surface area (Å²) >= 11 is 1.41. The van der Waals surface area contributed by atoms with Gasteiger partial charge in [-0.3, -0.25) is 9.59 Å². The highest BCUT2D eigenvalue weighted by molar-refractivity contribution is 7.14. The van der Waals surface area contributed by atoms with Gasteiger partial charge in [-0.1, -0.05) is 36.4 Å². The van der Waals surface area contributed by atoms with E-state index in [0.717, 1.165) is 27.9 Å². The van der Waals surface area contributed by atoms with Crippen molar-refractivity contribution in [2.24, 2.45) is 0 Å². The Kier molecular flexibility index (Phi) is 5.90. The first-order chi connectivity index (χ1) is 14.6. The topological polar surface area (TPSA) is 86.9 Å². The summed E-state index contributed by atoms with van der Waals surface area (Å²) in [7, 11) is 0. The molecule has 2 aromatic carbocycles. The van der Waals surface area contributed by atoms with Crippen molar-refractivity contribution in [2.45, 2.75) is 19.8 Å². The highest BCUT2D eigenvalue weighted by atomic mass is 32.1. The van der Waals surface area contributed by atoms with Crippen molar-refractivity contribution in [1.29, 1.82) is 0 Å². The Bertz CT molecular complexity index is 1180. The van der Waals surface area contributed by atoms with E-state index in [-0.39, 0.29) is 11.8 Å².